The molecule has 1 aromatic carbocycles. The lowest BCUT2D eigenvalue weighted by molar-refractivity contribution is -0.210. The van der Waals surface area contributed by atoms with Gasteiger partial charge in [0.1, 0.15) is 11.6 Å². The number of halogens is 3. The molecule has 58 heavy (non-hydrogen) atoms. The Morgan fingerprint density at radius 3 is 2.09 bits per heavy atom. The van der Waals surface area contributed by atoms with Crippen molar-refractivity contribution >= 4 is 35.6 Å². The van der Waals surface area contributed by atoms with Crippen LogP contribution in [0.4, 0.5) is 13.2 Å². The lowest BCUT2D eigenvalue weighted by Gasteiger charge is -2.53. The smallest absolute Gasteiger partial charge is 0.480 e. The zero-order valence-corrected chi connectivity index (χ0v) is 35.4. The fourth-order valence-corrected chi connectivity index (χ4v) is 8.11. The van der Waals surface area contributed by atoms with Crippen LogP contribution in [-0.2, 0) is 49.5 Å². The monoisotopic (exact) mass is 829 g/mol. The number of ether oxygens (including phenoxy) is 2. The SMILES string of the molecule is CC[C@H](C)[C@H]([C@@H](CC(=O)N1CCC[C@H]1[C@H](OC)[C@@H](C)C(=O)N[C@@H](Cc1ccccc1)C(=O)O)OC)[C@@](C(=O)NOC(=O)C(F)(F)F)(C(C)C)N(C)C(=O)C(C)(C)NC. The number of hydrogen-bond acceptors (Lipinski definition) is 10. The number of carbonyl (C=O) groups excluding carboxylic acids is 5. The summed E-state index contributed by atoms with van der Waals surface area (Å²) in [7, 11) is 5.57. The minimum atomic E-state index is -5.44. The van der Waals surface area contributed by atoms with Crippen LogP contribution in [0.1, 0.15) is 79.7 Å². The zero-order valence-electron chi connectivity index (χ0n) is 35.4. The van der Waals surface area contributed by atoms with Crippen LogP contribution in [0, 0.1) is 23.7 Å². The molecule has 0 aromatic heterocycles. The molecule has 0 saturated carbocycles. The van der Waals surface area contributed by atoms with E-state index in [0.29, 0.717) is 24.8 Å². The average Bonchev–Trinajstić information content (AvgIpc) is 3.66. The molecule has 1 aliphatic heterocycles. The first-order valence-electron chi connectivity index (χ1n) is 19.4. The van der Waals surface area contributed by atoms with Gasteiger partial charge in [-0.05, 0) is 51.1 Å². The molecule has 15 nitrogen and oxygen atoms in total. The van der Waals surface area contributed by atoms with E-state index in [0.717, 1.165) is 4.90 Å². The number of methoxy groups -OCH3 is 2. The molecule has 0 aliphatic carbocycles. The van der Waals surface area contributed by atoms with Crippen molar-refractivity contribution in [3.63, 3.8) is 0 Å². The van der Waals surface area contributed by atoms with E-state index in [1.165, 1.54) is 28.3 Å². The maximum Gasteiger partial charge on any atom is 0.493 e. The van der Waals surface area contributed by atoms with Gasteiger partial charge in [-0.25, -0.2) is 9.59 Å². The van der Waals surface area contributed by atoms with Crippen molar-refractivity contribution < 1.29 is 61.4 Å². The minimum Gasteiger partial charge on any atom is -0.480 e. The van der Waals surface area contributed by atoms with Gasteiger partial charge in [0, 0.05) is 40.2 Å². The van der Waals surface area contributed by atoms with Gasteiger partial charge in [-0.1, -0.05) is 71.4 Å². The lowest BCUT2D eigenvalue weighted by atomic mass is 9.64. The Morgan fingerprint density at radius 1 is 1.00 bits per heavy atom. The Bertz CT molecular complexity index is 1580. The van der Waals surface area contributed by atoms with Crippen molar-refractivity contribution in [3.8, 4) is 0 Å². The van der Waals surface area contributed by atoms with Crippen molar-refractivity contribution in [1.29, 1.82) is 0 Å². The summed E-state index contributed by atoms with van der Waals surface area (Å²) in [6.45, 7) is 11.7. The molecule has 0 spiro atoms. The van der Waals surface area contributed by atoms with E-state index >= 15 is 0 Å². The standard InChI is InChI=1S/C40H62F3N5O10/c1-12-24(4)31(39(23(2)3,47(9)36(54)38(6,7)44-8)35(53)46-58-37(55)40(41,42)43)29(56-10)22-30(49)48-20-16-19-28(48)32(57-11)25(5)33(50)45-27(34(51)52)21-26-17-14-13-15-18-26/h13-15,17-18,23-25,27-29,31-32,44H,12,16,19-22H2,1-11H3,(H,45,50)(H,46,53)(H,51,52)/t24-,25+,27-,28-,29+,31+,32+,39+/m0/s1. The number of rotatable bonds is 20. The van der Waals surface area contributed by atoms with Gasteiger partial charge < -0.3 is 39.9 Å². The predicted molar refractivity (Wildman–Crippen MR) is 207 cm³/mol. The maximum absolute atomic E-state index is 14.5. The average molecular weight is 830 g/mol. The highest BCUT2D eigenvalue weighted by Gasteiger charge is 2.59. The molecule has 1 aliphatic rings. The number of nitrogens with zero attached hydrogens (tertiary/aromatic N) is 2. The van der Waals surface area contributed by atoms with Crippen molar-refractivity contribution in [2.45, 2.75) is 122 Å². The summed E-state index contributed by atoms with van der Waals surface area (Å²) >= 11 is 0. The van der Waals surface area contributed by atoms with Crippen LogP contribution in [0.3, 0.4) is 0 Å². The molecule has 8 atom stereocenters. The van der Waals surface area contributed by atoms with E-state index in [2.05, 4.69) is 15.5 Å². The van der Waals surface area contributed by atoms with Gasteiger partial charge in [0.2, 0.25) is 17.7 Å². The summed E-state index contributed by atoms with van der Waals surface area (Å²) in [6.07, 6.45) is -6.40. The molecule has 328 valence electrons. The van der Waals surface area contributed by atoms with E-state index < -0.39 is 101 Å². The zero-order chi connectivity index (χ0) is 44.3. The Hall–Kier alpha value is -4.29. The Labute approximate surface area is 339 Å². The topological polar surface area (TPSA) is 193 Å². The molecule has 18 heteroatoms. The van der Waals surface area contributed by atoms with Crippen molar-refractivity contribution in [3.05, 3.63) is 35.9 Å². The summed E-state index contributed by atoms with van der Waals surface area (Å²) < 4.78 is 51.5. The van der Waals surface area contributed by atoms with Gasteiger partial charge in [0.15, 0.2) is 0 Å². The van der Waals surface area contributed by atoms with E-state index in [-0.39, 0.29) is 19.4 Å². The fraction of sp³-hybridized carbons (Fsp3) is 0.700. The summed E-state index contributed by atoms with van der Waals surface area (Å²) in [5.41, 5.74) is -0.960. The molecule has 1 aromatic rings. The molecule has 0 bridgehead atoms. The molecule has 1 heterocycles. The van der Waals surface area contributed by atoms with Gasteiger partial charge in [0.05, 0.1) is 36.1 Å². The first kappa shape index (κ1) is 49.9. The molecule has 1 saturated heterocycles. The number of likely N-dealkylation sites (N-methyl/N-ethyl adjacent to an activating group) is 2. The second kappa shape index (κ2) is 21.1. The third kappa shape index (κ3) is 11.5. The summed E-state index contributed by atoms with van der Waals surface area (Å²) in [5, 5.41) is 15.4. The molecular weight excluding hydrogens is 767 g/mol. The Kier molecular flexibility index (Phi) is 18.1. The maximum atomic E-state index is 14.5. The molecule has 4 amide bonds. The fourth-order valence-electron chi connectivity index (χ4n) is 8.11. The third-order valence-electron chi connectivity index (χ3n) is 11.6. The normalized spacial score (nSPS) is 18.9. The van der Waals surface area contributed by atoms with Crippen molar-refractivity contribution in [2.75, 3.05) is 34.9 Å². The quantitative estimate of drug-likeness (QED) is 0.141. The van der Waals surface area contributed by atoms with Gasteiger partial charge in [-0.3, -0.25) is 19.2 Å². The molecule has 0 radical (unpaired) electrons. The van der Waals surface area contributed by atoms with Gasteiger partial charge in [-0.2, -0.15) is 18.7 Å². The second-order valence-electron chi connectivity index (χ2n) is 15.8. The van der Waals surface area contributed by atoms with Crippen LogP contribution in [0.5, 0.6) is 0 Å². The minimum absolute atomic E-state index is 0.0456. The van der Waals surface area contributed by atoms with E-state index in [1.54, 1.807) is 89.2 Å². The van der Waals surface area contributed by atoms with Crippen LogP contribution >= 0.6 is 0 Å². The largest absolute Gasteiger partial charge is 0.493 e. The van der Waals surface area contributed by atoms with E-state index in [4.69, 9.17) is 9.47 Å². The number of aliphatic carboxylic acids is 1. The molecule has 1 fully saturated rings. The third-order valence-corrected chi connectivity index (χ3v) is 11.6. The predicted octanol–water partition coefficient (Wildman–Crippen LogP) is 3.50. The van der Waals surface area contributed by atoms with Crippen LogP contribution in [0.2, 0.25) is 0 Å². The highest BCUT2D eigenvalue weighted by atomic mass is 19.4. The number of alkyl halides is 3. The van der Waals surface area contributed by atoms with Gasteiger partial charge in [-0.15, -0.1) is 0 Å². The number of carbonyl (C=O) groups is 6. The van der Waals surface area contributed by atoms with E-state index in [9.17, 15) is 47.0 Å². The molecule has 4 N–H and O–H groups in total. The Balaban J connectivity index is 2.57. The van der Waals surface area contributed by atoms with E-state index in [1.807, 2.05) is 0 Å². The number of hydroxylamine groups is 1. The van der Waals surface area contributed by atoms with Crippen LogP contribution in [0.15, 0.2) is 30.3 Å². The number of amides is 4. The number of carboxylic acid groups (broad SMARTS) is 1. The molecular formula is C40H62F3N5O10. The second-order valence-corrected chi connectivity index (χ2v) is 15.8. The summed E-state index contributed by atoms with van der Waals surface area (Å²) in [6, 6.07) is 6.97. The molecule has 2 rings (SSSR count). The highest BCUT2D eigenvalue weighted by Crippen LogP contribution is 2.43. The number of hydrogen-bond donors (Lipinski definition) is 4. The number of nitrogens with one attached hydrogen (secondary N) is 3. The van der Waals surface area contributed by atoms with Gasteiger partial charge >= 0.3 is 18.1 Å². The van der Waals surface area contributed by atoms with Crippen LogP contribution in [0.25, 0.3) is 0 Å². The number of carboxylic acids is 1. The molecule has 0 unspecified atom stereocenters. The van der Waals surface area contributed by atoms with Crippen LogP contribution < -0.4 is 16.1 Å². The number of benzene rings is 1. The van der Waals surface area contributed by atoms with Crippen molar-refractivity contribution in [2.24, 2.45) is 23.7 Å². The first-order chi connectivity index (χ1) is 27.0. The highest BCUT2D eigenvalue weighted by molar-refractivity contribution is 5.95. The Morgan fingerprint density at radius 2 is 1.60 bits per heavy atom. The van der Waals surface area contributed by atoms with Gasteiger partial charge in [0.25, 0.3) is 5.91 Å². The number of likely N-dealkylation sites (tertiary alicyclic amines) is 1. The lowest BCUT2D eigenvalue weighted by Crippen LogP contribution is -2.72. The van der Waals surface area contributed by atoms with Crippen LogP contribution in [-0.4, -0.2) is 127 Å². The summed E-state index contributed by atoms with van der Waals surface area (Å²) in [4.78, 5) is 87.5. The van der Waals surface area contributed by atoms with Crippen molar-refractivity contribution in [1.82, 2.24) is 25.9 Å². The summed E-state index contributed by atoms with van der Waals surface area (Å²) in [5.74, 6) is -10.2. The first-order valence-corrected chi connectivity index (χ1v) is 19.4.